The van der Waals surface area contributed by atoms with Gasteiger partial charge in [0.05, 0.1) is 11.8 Å². The SMILES string of the molecule is O=C(O)[C@H]1C[C@H]1C(=O)Nc1ccc2oc(C3CC3)nc2c1. The second-order valence-electron chi connectivity index (χ2n) is 5.79. The summed E-state index contributed by atoms with van der Waals surface area (Å²) in [7, 11) is 0. The van der Waals surface area contributed by atoms with Gasteiger partial charge in [0, 0.05) is 11.6 Å². The highest BCUT2D eigenvalue weighted by atomic mass is 16.4. The Bertz CT molecular complexity index is 747. The number of amides is 1. The second kappa shape index (κ2) is 4.31. The zero-order valence-electron chi connectivity index (χ0n) is 11.2. The van der Waals surface area contributed by atoms with Crippen molar-refractivity contribution < 1.29 is 19.1 Å². The Morgan fingerprint density at radius 1 is 1.29 bits per heavy atom. The summed E-state index contributed by atoms with van der Waals surface area (Å²) in [6.07, 6.45) is 2.66. The van der Waals surface area contributed by atoms with Gasteiger partial charge in [-0.05, 0) is 37.5 Å². The average molecular weight is 286 g/mol. The Kier molecular flexibility index (Phi) is 2.54. The van der Waals surface area contributed by atoms with E-state index in [2.05, 4.69) is 10.3 Å². The van der Waals surface area contributed by atoms with E-state index in [0.717, 1.165) is 24.2 Å². The van der Waals surface area contributed by atoms with Crippen LogP contribution in [0.3, 0.4) is 0 Å². The van der Waals surface area contributed by atoms with Crippen LogP contribution in [0.1, 0.15) is 31.1 Å². The molecule has 0 bridgehead atoms. The Labute approximate surface area is 120 Å². The minimum atomic E-state index is -0.906. The van der Waals surface area contributed by atoms with Gasteiger partial charge in [0.25, 0.3) is 0 Å². The number of aromatic nitrogens is 1. The van der Waals surface area contributed by atoms with Gasteiger partial charge in [0.1, 0.15) is 5.52 Å². The highest BCUT2D eigenvalue weighted by Crippen LogP contribution is 2.41. The van der Waals surface area contributed by atoms with Gasteiger partial charge in [-0.3, -0.25) is 9.59 Å². The highest BCUT2D eigenvalue weighted by Gasteiger charge is 2.48. The van der Waals surface area contributed by atoms with Crippen LogP contribution in [0.2, 0.25) is 0 Å². The fraction of sp³-hybridized carbons (Fsp3) is 0.400. The molecule has 2 fully saturated rings. The molecule has 1 aromatic carbocycles. The maximum absolute atomic E-state index is 11.9. The molecule has 4 rings (SSSR count). The van der Waals surface area contributed by atoms with Crippen LogP contribution in [-0.4, -0.2) is 22.0 Å². The zero-order chi connectivity index (χ0) is 14.6. The van der Waals surface area contributed by atoms with Gasteiger partial charge in [-0.1, -0.05) is 0 Å². The van der Waals surface area contributed by atoms with Gasteiger partial charge in [-0.25, -0.2) is 4.98 Å². The molecule has 0 unspecified atom stereocenters. The van der Waals surface area contributed by atoms with Crippen LogP contribution in [0.25, 0.3) is 11.1 Å². The number of benzene rings is 1. The van der Waals surface area contributed by atoms with E-state index >= 15 is 0 Å². The molecule has 0 radical (unpaired) electrons. The lowest BCUT2D eigenvalue weighted by Crippen LogP contribution is -2.16. The molecule has 2 N–H and O–H groups in total. The summed E-state index contributed by atoms with van der Waals surface area (Å²) in [6, 6.07) is 5.30. The van der Waals surface area contributed by atoms with E-state index in [1.165, 1.54) is 0 Å². The molecule has 2 aliphatic carbocycles. The number of anilines is 1. The number of carbonyl (C=O) groups is 2. The molecule has 21 heavy (non-hydrogen) atoms. The van der Waals surface area contributed by atoms with Crippen molar-refractivity contribution in [2.45, 2.75) is 25.2 Å². The number of oxazole rings is 1. The van der Waals surface area contributed by atoms with E-state index in [-0.39, 0.29) is 5.91 Å². The molecular formula is C15H14N2O4. The number of rotatable bonds is 4. The number of hydrogen-bond acceptors (Lipinski definition) is 4. The van der Waals surface area contributed by atoms with Crippen molar-refractivity contribution in [3.8, 4) is 0 Å². The van der Waals surface area contributed by atoms with Crippen LogP contribution in [0, 0.1) is 11.8 Å². The van der Waals surface area contributed by atoms with Gasteiger partial charge in [0.2, 0.25) is 5.91 Å². The number of carbonyl (C=O) groups excluding carboxylic acids is 1. The lowest BCUT2D eigenvalue weighted by atomic mass is 10.2. The van der Waals surface area contributed by atoms with Crippen molar-refractivity contribution in [2.75, 3.05) is 5.32 Å². The third-order valence-corrected chi connectivity index (χ3v) is 4.04. The smallest absolute Gasteiger partial charge is 0.307 e. The number of nitrogens with zero attached hydrogens (tertiary/aromatic N) is 1. The Hall–Kier alpha value is -2.37. The fourth-order valence-electron chi connectivity index (χ4n) is 2.52. The van der Waals surface area contributed by atoms with Gasteiger partial charge < -0.3 is 14.8 Å². The van der Waals surface area contributed by atoms with E-state index in [1.807, 2.05) is 0 Å². The van der Waals surface area contributed by atoms with E-state index in [1.54, 1.807) is 18.2 Å². The summed E-state index contributed by atoms with van der Waals surface area (Å²) in [5.41, 5.74) is 2.06. The Balaban J connectivity index is 1.51. The summed E-state index contributed by atoms with van der Waals surface area (Å²) < 4.78 is 5.66. The topological polar surface area (TPSA) is 92.4 Å². The summed E-state index contributed by atoms with van der Waals surface area (Å²) in [5, 5.41) is 11.6. The van der Waals surface area contributed by atoms with Gasteiger partial charge in [-0.15, -0.1) is 0 Å². The van der Waals surface area contributed by atoms with Crippen molar-refractivity contribution >= 4 is 28.7 Å². The van der Waals surface area contributed by atoms with Crippen molar-refractivity contribution in [1.82, 2.24) is 4.98 Å². The second-order valence-corrected chi connectivity index (χ2v) is 5.79. The van der Waals surface area contributed by atoms with Gasteiger partial charge in [0.15, 0.2) is 11.5 Å². The minimum Gasteiger partial charge on any atom is -0.481 e. The minimum absolute atomic E-state index is 0.243. The number of carboxylic acids is 1. The first-order valence-corrected chi connectivity index (χ1v) is 7.06. The van der Waals surface area contributed by atoms with Crippen LogP contribution in [0.4, 0.5) is 5.69 Å². The average Bonchev–Trinajstić information content (AvgIpc) is 3.33. The predicted octanol–water partition coefficient (Wildman–Crippen LogP) is 2.36. The molecule has 1 amide bonds. The van der Waals surface area contributed by atoms with Gasteiger partial charge >= 0.3 is 5.97 Å². The third-order valence-electron chi connectivity index (χ3n) is 4.04. The Morgan fingerprint density at radius 3 is 2.76 bits per heavy atom. The van der Waals surface area contributed by atoms with Crippen molar-refractivity contribution in [1.29, 1.82) is 0 Å². The first kappa shape index (κ1) is 12.4. The molecule has 2 aliphatic rings. The molecule has 0 saturated heterocycles. The van der Waals surface area contributed by atoms with E-state index < -0.39 is 17.8 Å². The lowest BCUT2D eigenvalue weighted by molar-refractivity contribution is -0.139. The van der Waals surface area contributed by atoms with Crippen molar-refractivity contribution in [3.05, 3.63) is 24.1 Å². The normalized spacial score (nSPS) is 24.0. The molecule has 2 saturated carbocycles. The predicted molar refractivity (Wildman–Crippen MR) is 73.8 cm³/mol. The first-order chi connectivity index (χ1) is 10.1. The number of aliphatic carboxylic acids is 1. The van der Waals surface area contributed by atoms with Crippen LogP contribution >= 0.6 is 0 Å². The van der Waals surface area contributed by atoms with E-state index in [0.29, 0.717) is 23.6 Å². The quantitative estimate of drug-likeness (QED) is 0.900. The van der Waals surface area contributed by atoms with Crippen LogP contribution < -0.4 is 5.32 Å². The van der Waals surface area contributed by atoms with Crippen LogP contribution in [0.5, 0.6) is 0 Å². The molecule has 2 atom stereocenters. The molecular weight excluding hydrogens is 272 g/mol. The molecule has 0 aliphatic heterocycles. The zero-order valence-corrected chi connectivity index (χ0v) is 11.2. The Morgan fingerprint density at radius 2 is 2.10 bits per heavy atom. The number of fused-ring (bicyclic) bond motifs is 1. The summed E-state index contributed by atoms with van der Waals surface area (Å²) in [5.74, 6) is -0.900. The van der Waals surface area contributed by atoms with E-state index in [4.69, 9.17) is 9.52 Å². The lowest BCUT2D eigenvalue weighted by Gasteiger charge is -2.03. The molecule has 6 heteroatoms. The summed E-state index contributed by atoms with van der Waals surface area (Å²) >= 11 is 0. The fourth-order valence-corrected chi connectivity index (χ4v) is 2.52. The van der Waals surface area contributed by atoms with Crippen molar-refractivity contribution in [3.63, 3.8) is 0 Å². The maximum Gasteiger partial charge on any atom is 0.307 e. The largest absolute Gasteiger partial charge is 0.481 e. The molecule has 1 aromatic heterocycles. The van der Waals surface area contributed by atoms with Crippen LogP contribution in [0.15, 0.2) is 22.6 Å². The van der Waals surface area contributed by atoms with E-state index in [9.17, 15) is 9.59 Å². The monoisotopic (exact) mass is 286 g/mol. The van der Waals surface area contributed by atoms with Crippen LogP contribution in [-0.2, 0) is 9.59 Å². The number of hydrogen-bond donors (Lipinski definition) is 2. The highest BCUT2D eigenvalue weighted by molar-refractivity contribution is 5.99. The number of nitrogens with one attached hydrogen (secondary N) is 1. The van der Waals surface area contributed by atoms with Gasteiger partial charge in [-0.2, -0.15) is 0 Å². The molecule has 1 heterocycles. The third kappa shape index (κ3) is 2.26. The molecule has 0 spiro atoms. The number of carboxylic acid groups (broad SMARTS) is 1. The molecule has 6 nitrogen and oxygen atoms in total. The first-order valence-electron chi connectivity index (χ1n) is 7.06. The summed E-state index contributed by atoms with van der Waals surface area (Å²) in [6.45, 7) is 0. The summed E-state index contributed by atoms with van der Waals surface area (Å²) in [4.78, 5) is 27.1. The molecule has 2 aromatic rings. The standard InChI is InChI=1S/C15H14N2O4/c18-13(9-6-10(9)15(19)20)16-8-3-4-12-11(5-8)17-14(21-12)7-1-2-7/h3-5,7,9-10H,1-2,6H2,(H,16,18)(H,19,20)/t9-,10+/m1/s1. The molecule has 108 valence electrons. The maximum atomic E-state index is 11.9. The van der Waals surface area contributed by atoms with Crippen molar-refractivity contribution in [2.24, 2.45) is 11.8 Å².